The molecule has 0 amide bonds. The molecule has 3 nitrogen and oxygen atoms in total. The van der Waals surface area contributed by atoms with Crippen LogP contribution in [0, 0.1) is 0 Å². The van der Waals surface area contributed by atoms with Crippen LogP contribution in [0.1, 0.15) is 42.9 Å². The molecule has 3 rings (SSSR count). The second-order valence-corrected chi connectivity index (χ2v) is 6.79. The molecule has 0 aliphatic carbocycles. The molecule has 0 saturated carbocycles. The Hall–Kier alpha value is -1.97. The van der Waals surface area contributed by atoms with Gasteiger partial charge in [-0.2, -0.15) is 0 Å². The van der Waals surface area contributed by atoms with E-state index in [1.54, 1.807) is 12.1 Å². The van der Waals surface area contributed by atoms with Gasteiger partial charge in [0.25, 0.3) is 0 Å². The summed E-state index contributed by atoms with van der Waals surface area (Å²) < 4.78 is 0. The Balaban J connectivity index is 0.00000225. The Bertz CT molecular complexity index is 718. The molecule has 0 fully saturated rings. The van der Waals surface area contributed by atoms with Gasteiger partial charge >= 0.3 is 0 Å². The van der Waals surface area contributed by atoms with Crippen LogP contribution >= 0.6 is 12.4 Å². The molecule has 4 heteroatoms. The first kappa shape index (κ1) is 19.4. The quantitative estimate of drug-likeness (QED) is 0.813. The summed E-state index contributed by atoms with van der Waals surface area (Å²) in [6.07, 6.45) is 2.95. The van der Waals surface area contributed by atoms with E-state index in [2.05, 4.69) is 49.1 Å². The van der Waals surface area contributed by atoms with E-state index in [4.69, 9.17) is 0 Å². The van der Waals surface area contributed by atoms with E-state index < -0.39 is 0 Å². The van der Waals surface area contributed by atoms with Crippen molar-refractivity contribution in [3.05, 3.63) is 65.2 Å². The van der Waals surface area contributed by atoms with Crippen LogP contribution in [0.25, 0.3) is 5.57 Å². The van der Waals surface area contributed by atoms with Crippen molar-refractivity contribution in [1.82, 2.24) is 4.90 Å². The topological polar surface area (TPSA) is 43.7 Å². The van der Waals surface area contributed by atoms with E-state index >= 15 is 0 Å². The molecule has 134 valence electrons. The second-order valence-electron chi connectivity index (χ2n) is 6.79. The van der Waals surface area contributed by atoms with Crippen molar-refractivity contribution in [3.63, 3.8) is 0 Å². The number of benzene rings is 2. The van der Waals surface area contributed by atoms with Gasteiger partial charge in [0.05, 0.1) is 5.56 Å². The Morgan fingerprint density at radius 3 is 2.20 bits per heavy atom. The number of rotatable bonds is 4. The number of phenolic OH excluding ortho intramolecular Hbond substituents is 2. The highest BCUT2D eigenvalue weighted by Gasteiger charge is 2.19. The monoisotopic (exact) mass is 359 g/mol. The Morgan fingerprint density at radius 2 is 1.68 bits per heavy atom. The molecule has 0 saturated heterocycles. The number of hydrogen-bond donors (Lipinski definition) is 2. The molecule has 0 bridgehead atoms. The maximum Gasteiger partial charge on any atom is 0.127 e. The van der Waals surface area contributed by atoms with Gasteiger partial charge in [0.15, 0.2) is 0 Å². The fraction of sp³-hybridized carbons (Fsp3) is 0.333. The molecule has 2 N–H and O–H groups in total. The van der Waals surface area contributed by atoms with Gasteiger partial charge < -0.3 is 10.2 Å². The highest BCUT2D eigenvalue weighted by molar-refractivity contribution is 5.85. The van der Waals surface area contributed by atoms with Crippen molar-refractivity contribution in [3.8, 4) is 11.5 Å². The molecule has 1 aliphatic rings. The van der Waals surface area contributed by atoms with Crippen LogP contribution in [-0.4, -0.2) is 28.2 Å². The van der Waals surface area contributed by atoms with Gasteiger partial charge in [0, 0.05) is 19.6 Å². The summed E-state index contributed by atoms with van der Waals surface area (Å²) >= 11 is 0. The SMILES string of the molecule is CC(C)c1cc(O)c(C2=CCN(Cc3ccccc3)CC2)c(O)c1.Cl. The molecule has 2 aromatic rings. The molecule has 25 heavy (non-hydrogen) atoms. The third kappa shape index (κ3) is 4.56. The predicted molar refractivity (Wildman–Crippen MR) is 105 cm³/mol. The molecule has 1 heterocycles. The van der Waals surface area contributed by atoms with Crippen LogP contribution in [-0.2, 0) is 6.54 Å². The van der Waals surface area contributed by atoms with Gasteiger partial charge in [0.2, 0.25) is 0 Å². The van der Waals surface area contributed by atoms with E-state index in [9.17, 15) is 10.2 Å². The van der Waals surface area contributed by atoms with E-state index in [1.807, 2.05) is 6.07 Å². The third-order valence-electron chi connectivity index (χ3n) is 4.65. The van der Waals surface area contributed by atoms with E-state index in [0.29, 0.717) is 5.56 Å². The van der Waals surface area contributed by atoms with E-state index in [1.165, 1.54) is 5.56 Å². The Labute approximate surface area is 156 Å². The standard InChI is InChI=1S/C21H25NO2.ClH/c1-15(2)18-12-19(23)21(20(24)13-18)17-8-10-22(11-9-17)14-16-6-4-3-5-7-16;/h3-8,12-13,15,23-24H,9-11,14H2,1-2H3;1H. The van der Waals surface area contributed by atoms with Gasteiger partial charge in [-0.15, -0.1) is 12.4 Å². The summed E-state index contributed by atoms with van der Waals surface area (Å²) in [6.45, 7) is 6.78. The van der Waals surface area contributed by atoms with Crippen molar-refractivity contribution in [2.45, 2.75) is 32.7 Å². The lowest BCUT2D eigenvalue weighted by atomic mass is 9.93. The lowest BCUT2D eigenvalue weighted by molar-refractivity contribution is 0.293. The largest absolute Gasteiger partial charge is 0.507 e. The fourth-order valence-corrected chi connectivity index (χ4v) is 3.22. The summed E-state index contributed by atoms with van der Waals surface area (Å²) in [5.41, 5.74) is 3.89. The minimum Gasteiger partial charge on any atom is -0.507 e. The minimum absolute atomic E-state index is 0. The first-order valence-corrected chi connectivity index (χ1v) is 8.56. The molecule has 0 radical (unpaired) electrons. The number of nitrogens with zero attached hydrogens (tertiary/aromatic N) is 1. The fourth-order valence-electron chi connectivity index (χ4n) is 3.22. The molecule has 0 unspecified atom stereocenters. The van der Waals surface area contributed by atoms with Gasteiger partial charge in [-0.25, -0.2) is 0 Å². The molecule has 0 aromatic heterocycles. The lowest BCUT2D eigenvalue weighted by Gasteiger charge is -2.27. The summed E-state index contributed by atoms with van der Waals surface area (Å²) in [4.78, 5) is 2.37. The third-order valence-corrected chi connectivity index (χ3v) is 4.65. The van der Waals surface area contributed by atoms with Crippen molar-refractivity contribution in [2.75, 3.05) is 13.1 Å². The highest BCUT2D eigenvalue weighted by Crippen LogP contribution is 2.39. The summed E-state index contributed by atoms with van der Waals surface area (Å²) in [5.74, 6) is 0.639. The Morgan fingerprint density at radius 1 is 1.04 bits per heavy atom. The van der Waals surface area contributed by atoms with Crippen molar-refractivity contribution >= 4 is 18.0 Å². The Kier molecular flexibility index (Phi) is 6.51. The summed E-state index contributed by atoms with van der Waals surface area (Å²) in [6, 6.07) is 14.0. The lowest BCUT2D eigenvalue weighted by Crippen LogP contribution is -2.28. The van der Waals surface area contributed by atoms with Crippen LogP contribution in [0.2, 0.25) is 0 Å². The zero-order valence-corrected chi connectivity index (χ0v) is 15.6. The van der Waals surface area contributed by atoms with Crippen LogP contribution in [0.15, 0.2) is 48.5 Å². The van der Waals surface area contributed by atoms with Crippen LogP contribution in [0.3, 0.4) is 0 Å². The van der Waals surface area contributed by atoms with E-state index in [0.717, 1.165) is 37.2 Å². The van der Waals surface area contributed by atoms with Gasteiger partial charge in [-0.3, -0.25) is 4.90 Å². The van der Waals surface area contributed by atoms with Crippen molar-refractivity contribution < 1.29 is 10.2 Å². The molecular weight excluding hydrogens is 334 g/mol. The normalized spacial score (nSPS) is 14.9. The van der Waals surface area contributed by atoms with Gasteiger partial charge in [0.1, 0.15) is 11.5 Å². The average Bonchev–Trinajstić information content (AvgIpc) is 2.56. The average molecular weight is 360 g/mol. The first-order chi connectivity index (χ1) is 11.5. The molecule has 2 aromatic carbocycles. The van der Waals surface area contributed by atoms with Crippen LogP contribution < -0.4 is 0 Å². The molecule has 0 spiro atoms. The maximum absolute atomic E-state index is 10.4. The summed E-state index contributed by atoms with van der Waals surface area (Å²) in [5, 5.41) is 20.7. The number of halogens is 1. The van der Waals surface area contributed by atoms with Crippen molar-refractivity contribution in [1.29, 1.82) is 0 Å². The van der Waals surface area contributed by atoms with Crippen LogP contribution in [0.5, 0.6) is 11.5 Å². The van der Waals surface area contributed by atoms with Crippen LogP contribution in [0.4, 0.5) is 0 Å². The number of phenols is 2. The molecule has 0 atom stereocenters. The van der Waals surface area contributed by atoms with E-state index in [-0.39, 0.29) is 29.8 Å². The zero-order valence-electron chi connectivity index (χ0n) is 14.8. The zero-order chi connectivity index (χ0) is 17.1. The highest BCUT2D eigenvalue weighted by atomic mass is 35.5. The van der Waals surface area contributed by atoms with Gasteiger partial charge in [-0.1, -0.05) is 50.3 Å². The van der Waals surface area contributed by atoms with Crippen molar-refractivity contribution in [2.24, 2.45) is 0 Å². The first-order valence-electron chi connectivity index (χ1n) is 8.56. The van der Waals surface area contributed by atoms with Gasteiger partial charge in [-0.05, 0) is 41.2 Å². The smallest absolute Gasteiger partial charge is 0.127 e. The predicted octanol–water partition coefficient (Wildman–Crippen LogP) is 4.93. The molecule has 1 aliphatic heterocycles. The number of hydrogen-bond acceptors (Lipinski definition) is 3. The second kappa shape index (κ2) is 8.41. The molecular formula is C21H26ClNO2. The maximum atomic E-state index is 10.4. The number of aromatic hydroxyl groups is 2. The minimum atomic E-state index is 0. The summed E-state index contributed by atoms with van der Waals surface area (Å²) in [7, 11) is 0.